The van der Waals surface area contributed by atoms with Gasteiger partial charge in [-0.15, -0.1) is 0 Å². The molecule has 0 aliphatic heterocycles. The van der Waals surface area contributed by atoms with Gasteiger partial charge in [0.25, 0.3) is 0 Å². The number of nitrogens with zero attached hydrogens (tertiary/aromatic N) is 1. The van der Waals surface area contributed by atoms with E-state index in [2.05, 4.69) is 23.3 Å². The highest BCUT2D eigenvalue weighted by molar-refractivity contribution is 5.80. The maximum Gasteiger partial charge on any atom is 0.303 e. The van der Waals surface area contributed by atoms with Crippen molar-refractivity contribution in [1.82, 2.24) is 4.98 Å². The van der Waals surface area contributed by atoms with E-state index in [1.54, 1.807) is 0 Å². The van der Waals surface area contributed by atoms with Crippen molar-refractivity contribution in [2.45, 2.75) is 26.2 Å². The van der Waals surface area contributed by atoms with Crippen LogP contribution in [0.2, 0.25) is 0 Å². The van der Waals surface area contributed by atoms with Crippen molar-refractivity contribution in [3.63, 3.8) is 0 Å². The molecule has 1 aromatic heterocycles. The molecule has 1 heterocycles. The maximum absolute atomic E-state index is 10.5. The Labute approximate surface area is 118 Å². The number of anilines is 1. The van der Waals surface area contributed by atoms with E-state index in [4.69, 9.17) is 5.11 Å². The van der Waals surface area contributed by atoms with Crippen LogP contribution in [0.15, 0.2) is 36.4 Å². The smallest absolute Gasteiger partial charge is 0.303 e. The van der Waals surface area contributed by atoms with Crippen LogP contribution in [0.4, 0.5) is 5.82 Å². The molecule has 1 aromatic carbocycles. The van der Waals surface area contributed by atoms with E-state index in [0.29, 0.717) is 5.92 Å². The number of nitrogens with one attached hydrogen (secondary N) is 1. The Morgan fingerprint density at radius 2 is 2.05 bits per heavy atom. The highest BCUT2D eigenvalue weighted by Gasteiger charge is 2.05. The van der Waals surface area contributed by atoms with Crippen LogP contribution < -0.4 is 5.32 Å². The van der Waals surface area contributed by atoms with E-state index in [-0.39, 0.29) is 6.42 Å². The quantitative estimate of drug-likeness (QED) is 0.809. The number of aliphatic carboxylic acids is 1. The molecule has 0 fully saturated rings. The van der Waals surface area contributed by atoms with Crippen LogP contribution in [-0.4, -0.2) is 22.6 Å². The van der Waals surface area contributed by atoms with Crippen LogP contribution in [0.1, 0.15) is 26.2 Å². The van der Waals surface area contributed by atoms with Gasteiger partial charge in [0.15, 0.2) is 0 Å². The lowest BCUT2D eigenvalue weighted by molar-refractivity contribution is -0.137. The number of rotatable bonds is 7. The van der Waals surface area contributed by atoms with Gasteiger partial charge in [-0.3, -0.25) is 4.79 Å². The Hall–Kier alpha value is -2.10. The van der Waals surface area contributed by atoms with Gasteiger partial charge in [0.05, 0.1) is 5.52 Å². The molecule has 0 radical (unpaired) electrons. The van der Waals surface area contributed by atoms with Gasteiger partial charge in [-0.1, -0.05) is 25.1 Å². The highest BCUT2D eigenvalue weighted by Crippen LogP contribution is 2.15. The molecule has 0 saturated heterocycles. The van der Waals surface area contributed by atoms with E-state index < -0.39 is 5.97 Å². The van der Waals surface area contributed by atoms with Crippen molar-refractivity contribution < 1.29 is 9.90 Å². The van der Waals surface area contributed by atoms with E-state index in [9.17, 15) is 4.79 Å². The molecule has 1 atom stereocenters. The van der Waals surface area contributed by atoms with Gasteiger partial charge in [0, 0.05) is 18.4 Å². The number of carboxylic acid groups (broad SMARTS) is 1. The van der Waals surface area contributed by atoms with Crippen molar-refractivity contribution in [2.24, 2.45) is 5.92 Å². The molecule has 4 nitrogen and oxygen atoms in total. The molecule has 2 aromatic rings. The van der Waals surface area contributed by atoms with Crippen molar-refractivity contribution >= 4 is 22.7 Å². The SMILES string of the molecule is CC(CCNc1ccc2ccccc2n1)CCC(=O)O. The van der Waals surface area contributed by atoms with Crippen molar-refractivity contribution in [1.29, 1.82) is 0 Å². The van der Waals surface area contributed by atoms with E-state index in [1.165, 1.54) is 0 Å². The molecule has 2 rings (SSSR count). The Balaban J connectivity index is 1.82. The summed E-state index contributed by atoms with van der Waals surface area (Å²) in [4.78, 5) is 15.0. The summed E-state index contributed by atoms with van der Waals surface area (Å²) in [5, 5.41) is 13.1. The van der Waals surface area contributed by atoms with Crippen LogP contribution in [0.5, 0.6) is 0 Å². The second kappa shape index (κ2) is 6.89. The number of pyridine rings is 1. The molecule has 2 N–H and O–H groups in total. The number of benzene rings is 1. The zero-order valence-electron chi connectivity index (χ0n) is 11.7. The number of carbonyl (C=O) groups is 1. The third kappa shape index (κ3) is 4.23. The van der Waals surface area contributed by atoms with Crippen LogP contribution in [0, 0.1) is 5.92 Å². The summed E-state index contributed by atoms with van der Waals surface area (Å²) in [6, 6.07) is 12.0. The first-order valence-corrected chi connectivity index (χ1v) is 6.96. The normalized spacial score (nSPS) is 12.2. The average Bonchev–Trinajstić information content (AvgIpc) is 2.45. The first-order chi connectivity index (χ1) is 9.65. The van der Waals surface area contributed by atoms with Gasteiger partial charge in [-0.25, -0.2) is 4.98 Å². The summed E-state index contributed by atoms with van der Waals surface area (Å²) < 4.78 is 0. The van der Waals surface area contributed by atoms with Gasteiger partial charge in [-0.2, -0.15) is 0 Å². The molecule has 0 saturated carbocycles. The fourth-order valence-electron chi connectivity index (χ4n) is 2.13. The average molecular weight is 272 g/mol. The predicted molar refractivity (Wildman–Crippen MR) is 80.9 cm³/mol. The number of hydrogen-bond donors (Lipinski definition) is 2. The second-order valence-corrected chi connectivity index (χ2v) is 5.14. The summed E-state index contributed by atoms with van der Waals surface area (Å²) in [5.41, 5.74) is 0.983. The molecule has 20 heavy (non-hydrogen) atoms. The third-order valence-corrected chi connectivity index (χ3v) is 3.39. The molecule has 0 aliphatic rings. The molecule has 106 valence electrons. The number of fused-ring (bicyclic) bond motifs is 1. The maximum atomic E-state index is 10.5. The standard InChI is InChI=1S/C16H20N2O2/c1-12(6-9-16(19)20)10-11-17-15-8-7-13-4-2-3-5-14(13)18-15/h2-5,7-8,12H,6,9-11H2,1H3,(H,17,18)(H,19,20). The van der Waals surface area contributed by atoms with E-state index >= 15 is 0 Å². The Kier molecular flexibility index (Phi) is 4.93. The summed E-state index contributed by atoms with van der Waals surface area (Å²) in [6.07, 6.45) is 1.92. The topological polar surface area (TPSA) is 62.2 Å². The number of carboxylic acids is 1. The van der Waals surface area contributed by atoms with Crippen molar-refractivity contribution in [3.05, 3.63) is 36.4 Å². The van der Waals surface area contributed by atoms with Gasteiger partial charge in [0.1, 0.15) is 5.82 Å². The summed E-state index contributed by atoms with van der Waals surface area (Å²) >= 11 is 0. The lowest BCUT2D eigenvalue weighted by Crippen LogP contribution is -2.09. The van der Waals surface area contributed by atoms with Crippen LogP contribution in [0.3, 0.4) is 0 Å². The molecular weight excluding hydrogens is 252 g/mol. The van der Waals surface area contributed by atoms with Gasteiger partial charge >= 0.3 is 5.97 Å². The zero-order chi connectivity index (χ0) is 14.4. The summed E-state index contributed by atoms with van der Waals surface area (Å²) in [6.45, 7) is 2.89. The zero-order valence-corrected chi connectivity index (χ0v) is 11.7. The minimum absolute atomic E-state index is 0.245. The summed E-state index contributed by atoms with van der Waals surface area (Å²) in [7, 11) is 0. The lowest BCUT2D eigenvalue weighted by atomic mass is 10.0. The molecule has 0 amide bonds. The van der Waals surface area contributed by atoms with E-state index in [0.717, 1.165) is 36.1 Å². The third-order valence-electron chi connectivity index (χ3n) is 3.39. The minimum atomic E-state index is -0.721. The molecule has 0 spiro atoms. The first kappa shape index (κ1) is 14.3. The van der Waals surface area contributed by atoms with Crippen LogP contribution in [-0.2, 0) is 4.79 Å². The lowest BCUT2D eigenvalue weighted by Gasteiger charge is -2.11. The molecule has 0 aliphatic carbocycles. The van der Waals surface area contributed by atoms with Gasteiger partial charge < -0.3 is 10.4 Å². The molecule has 4 heteroatoms. The second-order valence-electron chi connectivity index (χ2n) is 5.14. The largest absolute Gasteiger partial charge is 0.481 e. The number of aromatic nitrogens is 1. The Bertz CT molecular complexity index is 583. The van der Waals surface area contributed by atoms with Crippen LogP contribution in [0.25, 0.3) is 10.9 Å². The van der Waals surface area contributed by atoms with Gasteiger partial charge in [-0.05, 0) is 37.0 Å². The Morgan fingerprint density at radius 1 is 1.25 bits per heavy atom. The monoisotopic (exact) mass is 272 g/mol. The molecular formula is C16H20N2O2. The molecule has 1 unspecified atom stereocenters. The highest BCUT2D eigenvalue weighted by atomic mass is 16.4. The first-order valence-electron chi connectivity index (χ1n) is 6.96. The van der Waals surface area contributed by atoms with E-state index in [1.807, 2.05) is 30.3 Å². The summed E-state index contributed by atoms with van der Waals surface area (Å²) in [5.74, 6) is 0.550. The number of hydrogen-bond acceptors (Lipinski definition) is 3. The predicted octanol–water partition coefficient (Wildman–Crippen LogP) is 3.54. The fraction of sp³-hybridized carbons (Fsp3) is 0.375. The van der Waals surface area contributed by atoms with Gasteiger partial charge in [0.2, 0.25) is 0 Å². The number of para-hydroxylation sites is 1. The minimum Gasteiger partial charge on any atom is -0.481 e. The van der Waals surface area contributed by atoms with Crippen molar-refractivity contribution in [3.8, 4) is 0 Å². The molecule has 0 bridgehead atoms. The Morgan fingerprint density at radius 3 is 2.85 bits per heavy atom. The van der Waals surface area contributed by atoms with Crippen molar-refractivity contribution in [2.75, 3.05) is 11.9 Å². The van der Waals surface area contributed by atoms with Crippen LogP contribution >= 0.6 is 0 Å². The fourth-order valence-corrected chi connectivity index (χ4v) is 2.13.